The van der Waals surface area contributed by atoms with E-state index in [0.717, 1.165) is 10.8 Å². The highest BCUT2D eigenvalue weighted by molar-refractivity contribution is 6.05. The Bertz CT molecular complexity index is 825. The van der Waals surface area contributed by atoms with Crippen LogP contribution in [0, 0.1) is 0 Å². The van der Waals surface area contributed by atoms with Gasteiger partial charge in [-0.3, -0.25) is 4.79 Å². The lowest BCUT2D eigenvalue weighted by Gasteiger charge is -2.07. The van der Waals surface area contributed by atoms with E-state index < -0.39 is 0 Å². The van der Waals surface area contributed by atoms with E-state index in [0.29, 0.717) is 17.0 Å². The van der Waals surface area contributed by atoms with Crippen molar-refractivity contribution >= 4 is 22.4 Å². The second kappa shape index (κ2) is 5.77. The molecular formula is C18H15NO3. The maximum absolute atomic E-state index is 12.2. The molecule has 2 N–H and O–H groups in total. The number of anilines is 1. The molecule has 4 nitrogen and oxygen atoms in total. The van der Waals surface area contributed by atoms with Gasteiger partial charge in [-0.2, -0.15) is 0 Å². The number of phenols is 1. The van der Waals surface area contributed by atoms with Gasteiger partial charge in [0.15, 0.2) is 0 Å². The largest absolute Gasteiger partial charge is 0.508 e. The molecule has 1 amide bonds. The molecule has 0 spiro atoms. The summed E-state index contributed by atoms with van der Waals surface area (Å²) < 4.78 is 5.07. The number of ether oxygens (including phenoxy) is 1. The number of amides is 1. The number of hydrogen-bond donors (Lipinski definition) is 2. The third-order valence-electron chi connectivity index (χ3n) is 3.43. The van der Waals surface area contributed by atoms with Crippen molar-refractivity contribution in [1.29, 1.82) is 0 Å². The molecule has 4 heteroatoms. The van der Waals surface area contributed by atoms with Gasteiger partial charge in [0, 0.05) is 11.3 Å². The van der Waals surface area contributed by atoms with Gasteiger partial charge in [-0.25, -0.2) is 0 Å². The summed E-state index contributed by atoms with van der Waals surface area (Å²) in [6.07, 6.45) is 0. The Kier molecular flexibility index (Phi) is 3.66. The molecule has 0 aliphatic heterocycles. The van der Waals surface area contributed by atoms with Crippen LogP contribution in [-0.4, -0.2) is 18.1 Å². The van der Waals surface area contributed by atoms with Crippen LogP contribution >= 0.6 is 0 Å². The van der Waals surface area contributed by atoms with E-state index in [9.17, 15) is 9.90 Å². The number of nitrogens with one attached hydrogen (secondary N) is 1. The van der Waals surface area contributed by atoms with E-state index in [1.54, 1.807) is 43.5 Å². The number of phenolic OH excluding ortho intramolecular Hbond substituents is 1. The molecule has 0 fully saturated rings. The molecule has 0 radical (unpaired) electrons. The Morgan fingerprint density at radius 3 is 2.36 bits per heavy atom. The smallest absolute Gasteiger partial charge is 0.255 e. The predicted octanol–water partition coefficient (Wildman–Crippen LogP) is 3.81. The van der Waals surface area contributed by atoms with Crippen LogP contribution in [0.1, 0.15) is 10.4 Å². The minimum Gasteiger partial charge on any atom is -0.508 e. The number of hydrogen-bond acceptors (Lipinski definition) is 3. The Hall–Kier alpha value is -3.01. The molecule has 3 aromatic rings. The van der Waals surface area contributed by atoms with E-state index in [1.807, 2.05) is 24.3 Å². The summed E-state index contributed by atoms with van der Waals surface area (Å²) in [5.74, 6) is 0.755. The highest BCUT2D eigenvalue weighted by Gasteiger charge is 2.07. The number of carbonyl (C=O) groups excluding carboxylic acids is 1. The zero-order chi connectivity index (χ0) is 15.5. The van der Waals surface area contributed by atoms with Gasteiger partial charge in [0.25, 0.3) is 5.91 Å². The summed E-state index contributed by atoms with van der Waals surface area (Å²) in [6, 6.07) is 17.6. The molecule has 110 valence electrons. The van der Waals surface area contributed by atoms with Gasteiger partial charge in [0.2, 0.25) is 0 Å². The van der Waals surface area contributed by atoms with Crippen LogP contribution in [-0.2, 0) is 0 Å². The number of rotatable bonds is 3. The van der Waals surface area contributed by atoms with E-state index >= 15 is 0 Å². The normalized spacial score (nSPS) is 10.4. The average Bonchev–Trinajstić information content (AvgIpc) is 2.55. The number of methoxy groups -OCH3 is 1. The molecule has 3 rings (SSSR count). The quantitative estimate of drug-likeness (QED) is 0.772. The van der Waals surface area contributed by atoms with Crippen molar-refractivity contribution in [1.82, 2.24) is 0 Å². The highest BCUT2D eigenvalue weighted by Crippen LogP contribution is 2.23. The Balaban J connectivity index is 1.82. The third-order valence-corrected chi connectivity index (χ3v) is 3.43. The van der Waals surface area contributed by atoms with E-state index in [2.05, 4.69) is 5.32 Å². The number of carbonyl (C=O) groups is 1. The SMILES string of the molecule is COc1ccc(C(=O)Nc2ccc3cc(O)ccc3c2)cc1. The maximum Gasteiger partial charge on any atom is 0.255 e. The molecule has 0 aliphatic rings. The molecule has 0 bridgehead atoms. The van der Waals surface area contributed by atoms with E-state index in [-0.39, 0.29) is 11.7 Å². The molecule has 0 saturated carbocycles. The van der Waals surface area contributed by atoms with Gasteiger partial charge in [0.1, 0.15) is 11.5 Å². The number of aromatic hydroxyl groups is 1. The van der Waals surface area contributed by atoms with Crippen LogP contribution in [0.3, 0.4) is 0 Å². The molecule has 0 unspecified atom stereocenters. The Labute approximate surface area is 128 Å². The summed E-state index contributed by atoms with van der Waals surface area (Å²) in [5.41, 5.74) is 1.27. The Morgan fingerprint density at radius 2 is 1.64 bits per heavy atom. The molecule has 0 aliphatic carbocycles. The fourth-order valence-electron chi connectivity index (χ4n) is 2.26. The van der Waals surface area contributed by atoms with Crippen LogP contribution in [0.15, 0.2) is 60.7 Å². The molecule has 3 aromatic carbocycles. The fourth-order valence-corrected chi connectivity index (χ4v) is 2.26. The van der Waals surface area contributed by atoms with Crippen molar-refractivity contribution in [2.75, 3.05) is 12.4 Å². The molecular weight excluding hydrogens is 278 g/mol. The lowest BCUT2D eigenvalue weighted by Crippen LogP contribution is -2.11. The maximum atomic E-state index is 12.2. The van der Waals surface area contributed by atoms with Gasteiger partial charge in [-0.05, 0) is 59.3 Å². The first-order valence-electron chi connectivity index (χ1n) is 6.84. The van der Waals surface area contributed by atoms with Crippen LogP contribution in [0.25, 0.3) is 10.8 Å². The second-order valence-electron chi connectivity index (χ2n) is 4.93. The molecule has 0 heterocycles. The summed E-state index contributed by atoms with van der Waals surface area (Å²) in [6.45, 7) is 0. The van der Waals surface area contributed by atoms with Gasteiger partial charge in [-0.15, -0.1) is 0 Å². The molecule has 0 saturated heterocycles. The van der Waals surface area contributed by atoms with Gasteiger partial charge in [-0.1, -0.05) is 12.1 Å². The average molecular weight is 293 g/mol. The monoisotopic (exact) mass is 293 g/mol. The first-order valence-corrected chi connectivity index (χ1v) is 6.84. The van der Waals surface area contributed by atoms with Crippen LogP contribution < -0.4 is 10.1 Å². The minimum absolute atomic E-state index is 0.180. The topological polar surface area (TPSA) is 58.6 Å². The van der Waals surface area contributed by atoms with Crippen LogP contribution in [0.2, 0.25) is 0 Å². The summed E-state index contributed by atoms with van der Waals surface area (Å²) in [4.78, 5) is 12.2. The van der Waals surface area contributed by atoms with Crippen molar-refractivity contribution in [2.45, 2.75) is 0 Å². The Morgan fingerprint density at radius 1 is 0.955 bits per heavy atom. The zero-order valence-corrected chi connectivity index (χ0v) is 12.0. The molecule has 22 heavy (non-hydrogen) atoms. The third kappa shape index (κ3) is 2.86. The fraction of sp³-hybridized carbons (Fsp3) is 0.0556. The second-order valence-corrected chi connectivity index (χ2v) is 4.93. The minimum atomic E-state index is -0.180. The van der Waals surface area contributed by atoms with E-state index in [4.69, 9.17) is 4.74 Å². The van der Waals surface area contributed by atoms with Gasteiger partial charge in [0.05, 0.1) is 7.11 Å². The number of benzene rings is 3. The molecule has 0 aromatic heterocycles. The van der Waals surface area contributed by atoms with Gasteiger partial charge >= 0.3 is 0 Å². The van der Waals surface area contributed by atoms with Gasteiger partial charge < -0.3 is 15.2 Å². The highest BCUT2D eigenvalue weighted by atomic mass is 16.5. The van der Waals surface area contributed by atoms with Crippen LogP contribution in [0.5, 0.6) is 11.5 Å². The molecule has 0 atom stereocenters. The number of fused-ring (bicyclic) bond motifs is 1. The zero-order valence-electron chi connectivity index (χ0n) is 12.0. The lowest BCUT2D eigenvalue weighted by molar-refractivity contribution is 0.102. The first-order chi connectivity index (χ1) is 10.7. The summed E-state index contributed by atoms with van der Waals surface area (Å²) in [5, 5.41) is 14.2. The van der Waals surface area contributed by atoms with Crippen molar-refractivity contribution < 1.29 is 14.6 Å². The van der Waals surface area contributed by atoms with Crippen molar-refractivity contribution in [2.24, 2.45) is 0 Å². The first kappa shape index (κ1) is 13.9. The predicted molar refractivity (Wildman–Crippen MR) is 86.6 cm³/mol. The summed E-state index contributed by atoms with van der Waals surface area (Å²) in [7, 11) is 1.59. The lowest BCUT2D eigenvalue weighted by atomic mass is 10.1. The van der Waals surface area contributed by atoms with Crippen LogP contribution in [0.4, 0.5) is 5.69 Å². The van der Waals surface area contributed by atoms with Crippen molar-refractivity contribution in [3.63, 3.8) is 0 Å². The van der Waals surface area contributed by atoms with E-state index in [1.165, 1.54) is 0 Å². The van der Waals surface area contributed by atoms with Crippen molar-refractivity contribution in [3.05, 3.63) is 66.2 Å². The summed E-state index contributed by atoms with van der Waals surface area (Å²) >= 11 is 0. The standard InChI is InChI=1S/C18H15NO3/c1-22-17-8-4-12(5-9-17)18(21)19-15-6-2-14-11-16(20)7-3-13(14)10-15/h2-11,20H,1H3,(H,19,21). The van der Waals surface area contributed by atoms with Crippen molar-refractivity contribution in [3.8, 4) is 11.5 Å².